The quantitative estimate of drug-likeness (QED) is 0.549. The average Bonchev–Trinajstić information content (AvgIpc) is 2.44. The summed E-state index contributed by atoms with van der Waals surface area (Å²) in [7, 11) is 0. The molecule has 3 heteroatoms. The van der Waals surface area contributed by atoms with E-state index in [1.165, 1.54) is 0 Å². The van der Waals surface area contributed by atoms with Gasteiger partial charge in [0.25, 0.3) is 0 Å². The van der Waals surface area contributed by atoms with Crippen LogP contribution >= 0.6 is 0 Å². The summed E-state index contributed by atoms with van der Waals surface area (Å²) in [5, 5.41) is 0. The second-order valence-electron chi connectivity index (χ2n) is 4.40. The molecule has 18 heavy (non-hydrogen) atoms. The van der Waals surface area contributed by atoms with Crippen molar-refractivity contribution >= 4 is 12.3 Å². The molecular formula is C15H20O3. The Kier molecular flexibility index (Phi) is 5.56. The maximum atomic E-state index is 12.0. The first-order chi connectivity index (χ1) is 8.67. The highest BCUT2D eigenvalue weighted by atomic mass is 16.6. The van der Waals surface area contributed by atoms with Crippen LogP contribution in [-0.2, 0) is 9.53 Å². The zero-order valence-corrected chi connectivity index (χ0v) is 11.0. The summed E-state index contributed by atoms with van der Waals surface area (Å²) in [4.78, 5) is 23.2. The van der Waals surface area contributed by atoms with Crippen LogP contribution in [0.5, 0.6) is 0 Å². The number of aldehydes is 1. The van der Waals surface area contributed by atoms with Gasteiger partial charge in [-0.15, -0.1) is 0 Å². The maximum absolute atomic E-state index is 12.0. The van der Waals surface area contributed by atoms with Crippen LogP contribution in [-0.4, -0.2) is 17.9 Å². The van der Waals surface area contributed by atoms with Crippen molar-refractivity contribution in [2.45, 2.75) is 45.1 Å². The van der Waals surface area contributed by atoms with Crippen molar-refractivity contribution in [1.82, 2.24) is 0 Å². The third-order valence-electron chi connectivity index (χ3n) is 3.07. The van der Waals surface area contributed by atoms with E-state index in [0.29, 0.717) is 18.4 Å². The second kappa shape index (κ2) is 6.94. The topological polar surface area (TPSA) is 43.4 Å². The molecule has 0 amide bonds. The van der Waals surface area contributed by atoms with Gasteiger partial charge in [0.1, 0.15) is 0 Å². The summed E-state index contributed by atoms with van der Waals surface area (Å²) in [5.41, 5.74) is -0.489. The van der Waals surface area contributed by atoms with Gasteiger partial charge >= 0.3 is 5.97 Å². The molecule has 0 N–H and O–H groups in total. The van der Waals surface area contributed by atoms with Crippen molar-refractivity contribution in [3.8, 4) is 0 Å². The SMILES string of the molecule is CCCCC(C=O)(CC)OC(=O)c1ccccc1. The van der Waals surface area contributed by atoms with Gasteiger partial charge in [-0.05, 0) is 31.4 Å². The van der Waals surface area contributed by atoms with Crippen molar-refractivity contribution in [3.63, 3.8) is 0 Å². The Bertz CT molecular complexity index is 386. The molecule has 1 unspecified atom stereocenters. The molecule has 1 atom stereocenters. The van der Waals surface area contributed by atoms with Crippen LogP contribution in [0.4, 0.5) is 0 Å². The van der Waals surface area contributed by atoms with Crippen LogP contribution < -0.4 is 0 Å². The molecule has 0 radical (unpaired) electrons. The van der Waals surface area contributed by atoms with Crippen LogP contribution in [0.15, 0.2) is 30.3 Å². The van der Waals surface area contributed by atoms with Gasteiger partial charge in [-0.2, -0.15) is 0 Å². The Morgan fingerprint density at radius 2 is 1.94 bits per heavy atom. The van der Waals surface area contributed by atoms with E-state index < -0.39 is 11.6 Å². The zero-order valence-electron chi connectivity index (χ0n) is 11.0. The molecule has 98 valence electrons. The third-order valence-corrected chi connectivity index (χ3v) is 3.07. The predicted octanol–water partition coefficient (Wildman–Crippen LogP) is 3.38. The van der Waals surface area contributed by atoms with Gasteiger partial charge in [0.05, 0.1) is 5.56 Å². The monoisotopic (exact) mass is 248 g/mol. The number of hydrogen-bond acceptors (Lipinski definition) is 3. The molecule has 0 fully saturated rings. The molecule has 1 aromatic carbocycles. The highest BCUT2D eigenvalue weighted by Gasteiger charge is 2.31. The van der Waals surface area contributed by atoms with Gasteiger partial charge in [0.2, 0.25) is 0 Å². The maximum Gasteiger partial charge on any atom is 0.339 e. The number of unbranched alkanes of at least 4 members (excludes halogenated alkanes) is 1. The largest absolute Gasteiger partial charge is 0.448 e. The summed E-state index contributed by atoms with van der Waals surface area (Å²) in [6, 6.07) is 8.76. The Morgan fingerprint density at radius 3 is 2.44 bits per heavy atom. The fraction of sp³-hybridized carbons (Fsp3) is 0.467. The number of hydrogen-bond donors (Lipinski definition) is 0. The lowest BCUT2D eigenvalue weighted by Gasteiger charge is -2.26. The lowest BCUT2D eigenvalue weighted by molar-refractivity contribution is -0.126. The minimum atomic E-state index is -0.969. The molecule has 0 saturated heterocycles. The molecule has 1 aromatic rings. The molecule has 0 bridgehead atoms. The smallest absolute Gasteiger partial charge is 0.339 e. The zero-order chi connectivity index (χ0) is 13.4. The number of ether oxygens (including phenoxy) is 1. The first kappa shape index (κ1) is 14.4. The Balaban J connectivity index is 2.77. The number of esters is 1. The molecule has 0 heterocycles. The van der Waals surface area contributed by atoms with E-state index >= 15 is 0 Å². The Labute approximate surface area is 108 Å². The second-order valence-corrected chi connectivity index (χ2v) is 4.40. The molecule has 1 rings (SSSR count). The van der Waals surface area contributed by atoms with Crippen molar-refractivity contribution in [3.05, 3.63) is 35.9 Å². The lowest BCUT2D eigenvalue weighted by atomic mass is 9.95. The first-order valence-electron chi connectivity index (χ1n) is 6.42. The minimum Gasteiger partial charge on any atom is -0.448 e. The number of carbonyl (C=O) groups excluding carboxylic acids is 2. The van der Waals surface area contributed by atoms with E-state index in [9.17, 15) is 9.59 Å². The van der Waals surface area contributed by atoms with Crippen LogP contribution in [0.1, 0.15) is 49.9 Å². The molecule has 0 saturated carbocycles. The average molecular weight is 248 g/mol. The lowest BCUT2D eigenvalue weighted by Crippen LogP contribution is -2.36. The summed E-state index contributed by atoms with van der Waals surface area (Å²) in [6.45, 7) is 3.91. The van der Waals surface area contributed by atoms with E-state index in [4.69, 9.17) is 4.74 Å². The first-order valence-corrected chi connectivity index (χ1v) is 6.42. The van der Waals surface area contributed by atoms with Gasteiger partial charge < -0.3 is 4.74 Å². The van der Waals surface area contributed by atoms with Crippen molar-refractivity contribution in [1.29, 1.82) is 0 Å². The van der Waals surface area contributed by atoms with E-state index in [1.807, 2.05) is 19.9 Å². The van der Waals surface area contributed by atoms with E-state index in [2.05, 4.69) is 0 Å². The standard InChI is InChI=1S/C15H20O3/c1-3-5-11-15(4-2,12-16)18-14(17)13-9-7-6-8-10-13/h6-10,12H,3-5,11H2,1-2H3. The highest BCUT2D eigenvalue weighted by Crippen LogP contribution is 2.22. The van der Waals surface area contributed by atoms with Crippen LogP contribution in [0.25, 0.3) is 0 Å². The fourth-order valence-electron chi connectivity index (χ4n) is 1.76. The van der Waals surface area contributed by atoms with Gasteiger partial charge in [-0.3, -0.25) is 4.79 Å². The minimum absolute atomic E-state index is 0.430. The van der Waals surface area contributed by atoms with Crippen molar-refractivity contribution < 1.29 is 14.3 Å². The molecule has 0 spiro atoms. The number of benzene rings is 1. The summed E-state index contributed by atoms with van der Waals surface area (Å²) >= 11 is 0. The molecule has 0 aromatic heterocycles. The fourth-order valence-corrected chi connectivity index (χ4v) is 1.76. The summed E-state index contributed by atoms with van der Waals surface area (Å²) < 4.78 is 5.42. The van der Waals surface area contributed by atoms with Crippen LogP contribution in [0.3, 0.4) is 0 Å². The van der Waals surface area contributed by atoms with E-state index in [0.717, 1.165) is 19.1 Å². The molecular weight excluding hydrogens is 228 g/mol. The van der Waals surface area contributed by atoms with Crippen molar-refractivity contribution in [2.75, 3.05) is 0 Å². The molecule has 0 aliphatic heterocycles. The molecule has 0 aliphatic rings. The van der Waals surface area contributed by atoms with E-state index in [-0.39, 0.29) is 0 Å². The Morgan fingerprint density at radius 1 is 1.28 bits per heavy atom. The summed E-state index contributed by atoms with van der Waals surface area (Å²) in [6.07, 6.45) is 3.70. The Hall–Kier alpha value is -1.64. The van der Waals surface area contributed by atoms with Crippen LogP contribution in [0.2, 0.25) is 0 Å². The van der Waals surface area contributed by atoms with Gasteiger partial charge in [0, 0.05) is 0 Å². The summed E-state index contributed by atoms with van der Waals surface area (Å²) in [5.74, 6) is -0.430. The van der Waals surface area contributed by atoms with Crippen molar-refractivity contribution in [2.24, 2.45) is 0 Å². The highest BCUT2D eigenvalue weighted by molar-refractivity contribution is 5.90. The predicted molar refractivity (Wildman–Crippen MR) is 70.5 cm³/mol. The molecule has 3 nitrogen and oxygen atoms in total. The van der Waals surface area contributed by atoms with Gasteiger partial charge in [-0.1, -0.05) is 38.5 Å². The molecule has 0 aliphatic carbocycles. The van der Waals surface area contributed by atoms with E-state index in [1.54, 1.807) is 24.3 Å². The van der Waals surface area contributed by atoms with Gasteiger partial charge in [0.15, 0.2) is 11.9 Å². The normalized spacial score (nSPS) is 13.7. The number of rotatable bonds is 7. The van der Waals surface area contributed by atoms with Gasteiger partial charge in [-0.25, -0.2) is 4.79 Å². The third kappa shape index (κ3) is 3.69. The number of carbonyl (C=O) groups is 2. The van der Waals surface area contributed by atoms with Crippen LogP contribution in [0, 0.1) is 0 Å².